The van der Waals surface area contributed by atoms with Gasteiger partial charge < -0.3 is 10.4 Å². The molecule has 1 aromatic rings. The summed E-state index contributed by atoms with van der Waals surface area (Å²) >= 11 is 5.36. The van der Waals surface area contributed by atoms with Gasteiger partial charge in [-0.15, -0.1) is 0 Å². The van der Waals surface area contributed by atoms with E-state index in [9.17, 15) is 9.90 Å². The fourth-order valence-electron chi connectivity index (χ4n) is 1.08. The quantitative estimate of drug-likeness (QED) is 0.606. The Hall–Kier alpha value is -0.300. The highest BCUT2D eigenvalue weighted by atomic mass is 127. The third-order valence-corrected chi connectivity index (χ3v) is 4.10. The van der Waals surface area contributed by atoms with E-state index in [0.717, 1.165) is 8.90 Å². The van der Waals surface area contributed by atoms with Crippen LogP contribution in [0.1, 0.15) is 17.3 Å². The lowest BCUT2D eigenvalue weighted by atomic mass is 10.2. The highest BCUT2D eigenvalue weighted by molar-refractivity contribution is 14.1. The molecule has 1 aromatic carbocycles. The van der Waals surface area contributed by atoms with Gasteiger partial charge in [-0.05, 0) is 46.7 Å². The molecule has 5 heteroatoms. The first kappa shape index (κ1) is 13.8. The fourth-order valence-corrected chi connectivity index (χ4v) is 1.64. The topological polar surface area (TPSA) is 49.3 Å². The number of carbonyl (C=O) groups excluding carboxylic acids is 1. The zero-order chi connectivity index (χ0) is 12.1. The van der Waals surface area contributed by atoms with E-state index in [-0.39, 0.29) is 11.7 Å². The standard InChI is InChI=1S/C11H13BrINO2/c1-7(5-12)6-14-11(16)8-2-3-9(13)10(15)4-8/h2-4,7,15H,5-6H2,1H3,(H,14,16). The van der Waals surface area contributed by atoms with Crippen molar-refractivity contribution in [2.75, 3.05) is 11.9 Å². The number of hydrogen-bond donors (Lipinski definition) is 2. The Kier molecular flexibility index (Phi) is 5.54. The van der Waals surface area contributed by atoms with E-state index < -0.39 is 0 Å². The molecule has 0 aliphatic heterocycles. The number of hydrogen-bond acceptors (Lipinski definition) is 2. The molecule has 3 nitrogen and oxygen atoms in total. The van der Waals surface area contributed by atoms with Gasteiger partial charge in [-0.25, -0.2) is 0 Å². The molecule has 0 aliphatic carbocycles. The third-order valence-electron chi connectivity index (χ3n) is 2.08. The summed E-state index contributed by atoms with van der Waals surface area (Å²) in [6.07, 6.45) is 0. The summed E-state index contributed by atoms with van der Waals surface area (Å²) in [6.45, 7) is 2.66. The van der Waals surface area contributed by atoms with E-state index in [0.29, 0.717) is 18.0 Å². The van der Waals surface area contributed by atoms with Gasteiger partial charge in [-0.2, -0.15) is 0 Å². The van der Waals surface area contributed by atoms with E-state index in [1.165, 1.54) is 6.07 Å². The molecule has 1 rings (SSSR count). The van der Waals surface area contributed by atoms with Crippen molar-refractivity contribution in [1.82, 2.24) is 5.32 Å². The number of phenolic OH excluding ortho intramolecular Hbond substituents is 1. The Balaban J connectivity index is 2.63. The van der Waals surface area contributed by atoms with Crippen LogP contribution in [0.3, 0.4) is 0 Å². The van der Waals surface area contributed by atoms with Crippen LogP contribution in [0.4, 0.5) is 0 Å². The van der Waals surface area contributed by atoms with Gasteiger partial charge in [0.05, 0.1) is 3.57 Å². The van der Waals surface area contributed by atoms with Crippen molar-refractivity contribution in [3.05, 3.63) is 27.3 Å². The maximum absolute atomic E-state index is 11.7. The first-order valence-corrected chi connectivity index (χ1v) is 7.07. The summed E-state index contributed by atoms with van der Waals surface area (Å²) in [5, 5.41) is 13.1. The maximum Gasteiger partial charge on any atom is 0.251 e. The molecule has 0 heterocycles. The number of halogens is 2. The summed E-state index contributed by atoms with van der Waals surface area (Å²) < 4.78 is 0.739. The van der Waals surface area contributed by atoms with E-state index in [4.69, 9.17) is 0 Å². The average molecular weight is 398 g/mol. The summed E-state index contributed by atoms with van der Waals surface area (Å²) in [7, 11) is 0. The third kappa shape index (κ3) is 3.93. The number of amides is 1. The van der Waals surface area contributed by atoms with E-state index in [1.54, 1.807) is 12.1 Å². The van der Waals surface area contributed by atoms with Crippen LogP contribution in [0.15, 0.2) is 18.2 Å². The number of nitrogens with one attached hydrogen (secondary N) is 1. The van der Waals surface area contributed by atoms with Gasteiger partial charge in [0.25, 0.3) is 5.91 Å². The number of phenols is 1. The highest BCUT2D eigenvalue weighted by Gasteiger charge is 2.09. The highest BCUT2D eigenvalue weighted by Crippen LogP contribution is 2.20. The first-order valence-electron chi connectivity index (χ1n) is 4.87. The molecule has 1 atom stereocenters. The number of aromatic hydroxyl groups is 1. The van der Waals surface area contributed by atoms with Crippen LogP contribution < -0.4 is 5.32 Å². The lowest BCUT2D eigenvalue weighted by molar-refractivity contribution is 0.0949. The molecule has 1 amide bonds. The number of alkyl halides is 1. The number of rotatable bonds is 4. The summed E-state index contributed by atoms with van der Waals surface area (Å²) in [5.41, 5.74) is 0.486. The van der Waals surface area contributed by atoms with Crippen LogP contribution in [-0.2, 0) is 0 Å². The van der Waals surface area contributed by atoms with E-state index >= 15 is 0 Å². The predicted octanol–water partition coefficient (Wildman–Crippen LogP) is 2.76. The average Bonchev–Trinajstić information content (AvgIpc) is 2.29. The van der Waals surface area contributed by atoms with Crippen molar-refractivity contribution in [2.24, 2.45) is 5.92 Å². The maximum atomic E-state index is 11.7. The van der Waals surface area contributed by atoms with Gasteiger partial charge in [0, 0.05) is 17.4 Å². The Morgan fingerprint density at radius 2 is 2.31 bits per heavy atom. The molecule has 0 spiro atoms. The van der Waals surface area contributed by atoms with Crippen LogP contribution in [-0.4, -0.2) is 22.9 Å². The Bertz CT molecular complexity index is 384. The Morgan fingerprint density at radius 3 is 2.88 bits per heavy atom. The van der Waals surface area contributed by atoms with Crippen molar-refractivity contribution >= 4 is 44.4 Å². The molecule has 0 fully saturated rings. The zero-order valence-electron chi connectivity index (χ0n) is 8.84. The monoisotopic (exact) mass is 397 g/mol. The second kappa shape index (κ2) is 6.44. The van der Waals surface area contributed by atoms with E-state index in [2.05, 4.69) is 21.2 Å². The first-order chi connectivity index (χ1) is 7.54. The minimum atomic E-state index is -0.153. The van der Waals surface area contributed by atoms with Gasteiger partial charge in [-0.1, -0.05) is 22.9 Å². The molecule has 0 saturated heterocycles. The van der Waals surface area contributed by atoms with Crippen LogP contribution in [0.2, 0.25) is 0 Å². The fraction of sp³-hybridized carbons (Fsp3) is 0.364. The summed E-state index contributed by atoms with van der Waals surface area (Å²) in [6, 6.07) is 4.91. The van der Waals surface area contributed by atoms with Crippen LogP contribution in [0.5, 0.6) is 5.75 Å². The summed E-state index contributed by atoms with van der Waals surface area (Å²) in [5.74, 6) is 0.377. The largest absolute Gasteiger partial charge is 0.507 e. The Labute approximate surface area is 117 Å². The van der Waals surface area contributed by atoms with Crippen molar-refractivity contribution < 1.29 is 9.90 Å². The second-order valence-electron chi connectivity index (χ2n) is 3.64. The van der Waals surface area contributed by atoms with Gasteiger partial charge >= 0.3 is 0 Å². The molecule has 0 bridgehead atoms. The minimum absolute atomic E-state index is 0.141. The van der Waals surface area contributed by atoms with Crippen LogP contribution >= 0.6 is 38.5 Å². The van der Waals surface area contributed by atoms with Crippen molar-refractivity contribution in [2.45, 2.75) is 6.92 Å². The molecule has 0 radical (unpaired) electrons. The van der Waals surface area contributed by atoms with E-state index in [1.807, 2.05) is 29.5 Å². The molecule has 88 valence electrons. The van der Waals surface area contributed by atoms with Crippen molar-refractivity contribution in [1.29, 1.82) is 0 Å². The SMILES string of the molecule is CC(CBr)CNC(=O)c1ccc(I)c(O)c1. The summed E-state index contributed by atoms with van der Waals surface area (Å²) in [4.78, 5) is 11.7. The predicted molar refractivity (Wildman–Crippen MR) is 76.1 cm³/mol. The van der Waals surface area contributed by atoms with Gasteiger partial charge in [0.2, 0.25) is 0 Å². The molecule has 16 heavy (non-hydrogen) atoms. The van der Waals surface area contributed by atoms with Gasteiger partial charge in [0.15, 0.2) is 0 Å². The molecule has 1 unspecified atom stereocenters. The lowest BCUT2D eigenvalue weighted by Crippen LogP contribution is -2.28. The normalized spacial score (nSPS) is 12.2. The molecule has 0 saturated carbocycles. The number of benzene rings is 1. The molecular formula is C11H13BrINO2. The lowest BCUT2D eigenvalue weighted by Gasteiger charge is -2.09. The second-order valence-corrected chi connectivity index (χ2v) is 5.45. The Morgan fingerprint density at radius 1 is 1.62 bits per heavy atom. The minimum Gasteiger partial charge on any atom is -0.507 e. The van der Waals surface area contributed by atoms with Crippen molar-refractivity contribution in [3.63, 3.8) is 0 Å². The molecule has 2 N–H and O–H groups in total. The molecule has 0 aliphatic rings. The molecular weight excluding hydrogens is 385 g/mol. The molecule has 0 aromatic heterocycles. The van der Waals surface area contributed by atoms with Crippen molar-refractivity contribution in [3.8, 4) is 5.75 Å². The number of carbonyl (C=O) groups is 1. The smallest absolute Gasteiger partial charge is 0.251 e. The van der Waals surface area contributed by atoms with Gasteiger partial charge in [0.1, 0.15) is 5.75 Å². The van der Waals surface area contributed by atoms with Crippen LogP contribution in [0.25, 0.3) is 0 Å². The zero-order valence-corrected chi connectivity index (χ0v) is 12.6. The van der Waals surface area contributed by atoms with Crippen LogP contribution in [0, 0.1) is 9.49 Å². The van der Waals surface area contributed by atoms with Gasteiger partial charge in [-0.3, -0.25) is 4.79 Å².